The molecule has 3 atom stereocenters. The highest BCUT2D eigenvalue weighted by atomic mass is 16.1. The standard InChI is InChI=1S/C19H20N4O/c1-23-10-14(8-22-23)18-9-21-19-17(18)6-13(7-20-19)16-4-11-2-12(16)5-15(24)3-11/h6-12,16H,2-5H2,1H3,(H,20,21). The molecule has 3 unspecified atom stereocenters. The maximum Gasteiger partial charge on any atom is 0.137 e. The lowest BCUT2D eigenvalue weighted by molar-refractivity contribution is -0.121. The zero-order chi connectivity index (χ0) is 16.3. The number of ketones is 1. The third-order valence-corrected chi connectivity index (χ3v) is 5.79. The van der Waals surface area contributed by atoms with Gasteiger partial charge in [0.05, 0.1) is 6.20 Å². The lowest BCUT2D eigenvalue weighted by Gasteiger charge is -2.20. The Hall–Kier alpha value is -2.43. The molecule has 3 aromatic rings. The molecule has 0 radical (unpaired) electrons. The molecule has 5 rings (SSSR count). The van der Waals surface area contributed by atoms with E-state index in [1.165, 1.54) is 12.0 Å². The Kier molecular flexibility index (Phi) is 2.93. The summed E-state index contributed by atoms with van der Waals surface area (Å²) in [5.41, 5.74) is 4.44. The van der Waals surface area contributed by atoms with Gasteiger partial charge in [0.25, 0.3) is 0 Å². The van der Waals surface area contributed by atoms with E-state index in [0.29, 0.717) is 23.5 Å². The molecule has 3 heterocycles. The molecule has 0 spiro atoms. The second kappa shape index (κ2) is 5.03. The van der Waals surface area contributed by atoms with Crippen molar-refractivity contribution >= 4 is 16.8 Å². The molecule has 24 heavy (non-hydrogen) atoms. The predicted octanol–water partition coefficient (Wildman–Crippen LogP) is 3.44. The van der Waals surface area contributed by atoms with E-state index in [2.05, 4.69) is 21.1 Å². The van der Waals surface area contributed by atoms with Crippen LogP contribution in [0.15, 0.2) is 30.9 Å². The Morgan fingerprint density at radius 2 is 2.17 bits per heavy atom. The summed E-state index contributed by atoms with van der Waals surface area (Å²) in [5.74, 6) is 2.03. The molecule has 2 bridgehead atoms. The Balaban J connectivity index is 1.57. The van der Waals surface area contributed by atoms with Gasteiger partial charge in [-0.3, -0.25) is 9.48 Å². The van der Waals surface area contributed by atoms with Crippen molar-refractivity contribution < 1.29 is 4.79 Å². The van der Waals surface area contributed by atoms with Gasteiger partial charge in [-0.15, -0.1) is 0 Å². The number of pyridine rings is 1. The zero-order valence-electron chi connectivity index (χ0n) is 13.7. The van der Waals surface area contributed by atoms with Gasteiger partial charge < -0.3 is 4.98 Å². The van der Waals surface area contributed by atoms with E-state index < -0.39 is 0 Å². The van der Waals surface area contributed by atoms with Gasteiger partial charge in [0.15, 0.2) is 0 Å². The highest BCUT2D eigenvalue weighted by molar-refractivity contribution is 5.93. The number of aromatic amines is 1. The first-order valence-corrected chi connectivity index (χ1v) is 8.65. The monoisotopic (exact) mass is 320 g/mol. The Labute approximate surface area is 140 Å². The summed E-state index contributed by atoms with van der Waals surface area (Å²) in [6.07, 6.45) is 11.8. The van der Waals surface area contributed by atoms with Gasteiger partial charge in [-0.25, -0.2) is 4.98 Å². The van der Waals surface area contributed by atoms with Crippen LogP contribution in [-0.2, 0) is 11.8 Å². The second-order valence-corrected chi connectivity index (χ2v) is 7.42. The van der Waals surface area contributed by atoms with E-state index in [1.807, 2.05) is 36.5 Å². The van der Waals surface area contributed by atoms with Crippen molar-refractivity contribution in [3.63, 3.8) is 0 Å². The molecule has 2 aliphatic carbocycles. The number of nitrogens with zero attached hydrogens (tertiary/aromatic N) is 3. The molecule has 1 N–H and O–H groups in total. The van der Waals surface area contributed by atoms with Crippen molar-refractivity contribution in [1.82, 2.24) is 19.7 Å². The molecule has 3 aromatic heterocycles. The maximum atomic E-state index is 11.9. The van der Waals surface area contributed by atoms with Crippen molar-refractivity contribution in [2.24, 2.45) is 18.9 Å². The van der Waals surface area contributed by atoms with Gasteiger partial charge in [0, 0.05) is 55.0 Å². The number of Topliss-reactive ketones (excluding diaryl/α,β-unsaturated/α-hetero) is 1. The summed E-state index contributed by atoms with van der Waals surface area (Å²) in [6.45, 7) is 0. The van der Waals surface area contributed by atoms with Crippen molar-refractivity contribution in [3.8, 4) is 11.1 Å². The SMILES string of the molecule is Cn1cc(-c2c[nH]c3ncc(C4CC5CC(=O)CC4C5)cc23)cn1. The molecule has 5 nitrogen and oxygen atoms in total. The molecule has 122 valence electrons. The van der Waals surface area contributed by atoms with E-state index in [1.54, 1.807) is 0 Å². The molecule has 2 saturated carbocycles. The van der Waals surface area contributed by atoms with Crippen LogP contribution in [0.3, 0.4) is 0 Å². The van der Waals surface area contributed by atoms with Crippen molar-refractivity contribution in [3.05, 3.63) is 36.4 Å². The first-order chi connectivity index (χ1) is 11.7. The summed E-state index contributed by atoms with van der Waals surface area (Å²) in [4.78, 5) is 19.8. The van der Waals surface area contributed by atoms with Crippen LogP contribution in [0.1, 0.15) is 37.2 Å². The van der Waals surface area contributed by atoms with Gasteiger partial charge >= 0.3 is 0 Å². The first kappa shape index (κ1) is 14.0. The summed E-state index contributed by atoms with van der Waals surface area (Å²) < 4.78 is 1.82. The molecule has 0 amide bonds. The van der Waals surface area contributed by atoms with Crippen LogP contribution in [0.4, 0.5) is 0 Å². The van der Waals surface area contributed by atoms with Crippen LogP contribution in [0, 0.1) is 11.8 Å². The normalized spacial score (nSPS) is 26.4. The zero-order valence-corrected chi connectivity index (χ0v) is 13.7. The van der Waals surface area contributed by atoms with Gasteiger partial charge in [-0.1, -0.05) is 0 Å². The lowest BCUT2D eigenvalue weighted by atomic mass is 9.84. The smallest absolute Gasteiger partial charge is 0.137 e. The first-order valence-electron chi connectivity index (χ1n) is 8.65. The fraction of sp³-hybridized carbons (Fsp3) is 0.421. The average Bonchev–Trinajstić information content (AvgIpc) is 3.23. The minimum absolute atomic E-state index is 0.450. The lowest BCUT2D eigenvalue weighted by Crippen LogP contribution is -2.16. The van der Waals surface area contributed by atoms with E-state index >= 15 is 0 Å². The van der Waals surface area contributed by atoms with E-state index in [4.69, 9.17) is 0 Å². The minimum Gasteiger partial charge on any atom is -0.346 e. The van der Waals surface area contributed by atoms with E-state index in [9.17, 15) is 4.79 Å². The number of aromatic nitrogens is 4. The molecule has 5 heteroatoms. The molecular formula is C19H20N4O. The third kappa shape index (κ3) is 2.11. The van der Waals surface area contributed by atoms with Gasteiger partial charge in [0.2, 0.25) is 0 Å². The third-order valence-electron chi connectivity index (χ3n) is 5.79. The Morgan fingerprint density at radius 1 is 1.25 bits per heavy atom. The number of nitrogens with one attached hydrogen (secondary N) is 1. The van der Waals surface area contributed by atoms with Crippen LogP contribution >= 0.6 is 0 Å². The molecular weight excluding hydrogens is 300 g/mol. The average molecular weight is 320 g/mol. The summed E-state index contributed by atoms with van der Waals surface area (Å²) in [6, 6.07) is 2.27. The second-order valence-electron chi connectivity index (χ2n) is 7.42. The Bertz CT molecular complexity index is 938. The quantitative estimate of drug-likeness (QED) is 0.787. The predicted molar refractivity (Wildman–Crippen MR) is 91.5 cm³/mol. The number of aryl methyl sites for hydroxylation is 1. The number of hydrogen-bond acceptors (Lipinski definition) is 3. The van der Waals surface area contributed by atoms with Crippen LogP contribution in [0.25, 0.3) is 22.2 Å². The number of carbonyl (C=O) groups is 1. The minimum atomic E-state index is 0.450. The van der Waals surface area contributed by atoms with E-state index in [0.717, 1.165) is 41.4 Å². The summed E-state index contributed by atoms with van der Waals surface area (Å²) >= 11 is 0. The van der Waals surface area contributed by atoms with Gasteiger partial charge in [0.1, 0.15) is 11.4 Å². The van der Waals surface area contributed by atoms with Gasteiger partial charge in [-0.05, 0) is 42.2 Å². The maximum absolute atomic E-state index is 11.9. The highest BCUT2D eigenvalue weighted by Crippen LogP contribution is 2.49. The Morgan fingerprint density at radius 3 is 3.00 bits per heavy atom. The topological polar surface area (TPSA) is 63.6 Å². The van der Waals surface area contributed by atoms with Crippen LogP contribution in [0.2, 0.25) is 0 Å². The number of carbonyl (C=O) groups excluding carboxylic acids is 1. The number of rotatable bonds is 2. The molecule has 2 aliphatic rings. The van der Waals surface area contributed by atoms with Crippen molar-refractivity contribution in [1.29, 1.82) is 0 Å². The molecule has 0 aromatic carbocycles. The fourth-order valence-electron chi connectivity index (χ4n) is 4.76. The van der Waals surface area contributed by atoms with E-state index in [-0.39, 0.29) is 0 Å². The molecule has 0 saturated heterocycles. The van der Waals surface area contributed by atoms with Crippen LogP contribution in [-0.4, -0.2) is 25.5 Å². The van der Waals surface area contributed by atoms with Crippen molar-refractivity contribution in [2.45, 2.75) is 31.6 Å². The summed E-state index contributed by atoms with van der Waals surface area (Å²) in [5, 5.41) is 5.42. The number of fused-ring (bicyclic) bond motifs is 3. The van der Waals surface area contributed by atoms with Crippen molar-refractivity contribution in [2.75, 3.05) is 0 Å². The van der Waals surface area contributed by atoms with Gasteiger partial charge in [-0.2, -0.15) is 5.10 Å². The number of hydrogen-bond donors (Lipinski definition) is 1. The number of H-pyrrole nitrogens is 1. The highest BCUT2D eigenvalue weighted by Gasteiger charge is 2.41. The summed E-state index contributed by atoms with van der Waals surface area (Å²) in [7, 11) is 1.93. The van der Waals surface area contributed by atoms with Crippen LogP contribution in [0.5, 0.6) is 0 Å². The molecule has 0 aliphatic heterocycles. The largest absolute Gasteiger partial charge is 0.346 e. The molecule has 2 fully saturated rings. The van der Waals surface area contributed by atoms with Crippen LogP contribution < -0.4 is 0 Å². The fourth-order valence-corrected chi connectivity index (χ4v) is 4.76.